The van der Waals surface area contributed by atoms with Gasteiger partial charge < -0.3 is 15.0 Å². The number of nitrogens with one attached hydrogen (secondary N) is 1. The first kappa shape index (κ1) is 20.4. The summed E-state index contributed by atoms with van der Waals surface area (Å²) < 4.78 is 32.0. The molecule has 2 aromatic rings. The number of rotatable bonds is 7. The Bertz CT molecular complexity index is 885. The number of carbonyl (C=O) groups is 3. The van der Waals surface area contributed by atoms with Crippen LogP contribution in [-0.4, -0.2) is 42.4 Å². The van der Waals surface area contributed by atoms with Crippen LogP contribution >= 0.6 is 0 Å². The average Bonchev–Trinajstić information content (AvgIpc) is 3.09. The molecule has 8 heteroatoms. The number of para-hydroxylation sites is 1. The minimum absolute atomic E-state index is 0.0111. The van der Waals surface area contributed by atoms with Crippen molar-refractivity contribution in [2.45, 2.75) is 12.8 Å². The van der Waals surface area contributed by atoms with E-state index in [1.807, 2.05) is 35.6 Å². The number of hydrogen-bond acceptors (Lipinski definition) is 4. The van der Waals surface area contributed by atoms with Crippen LogP contribution in [0.25, 0.3) is 0 Å². The highest BCUT2D eigenvalue weighted by molar-refractivity contribution is 5.94. The molecule has 2 amide bonds. The summed E-state index contributed by atoms with van der Waals surface area (Å²) in [5.74, 6) is -4.24. The molecule has 2 aromatic carbocycles. The lowest BCUT2D eigenvalue weighted by molar-refractivity contribution is -0.151. The molecule has 0 radical (unpaired) electrons. The number of nitrogens with zero attached hydrogens (tertiary/aromatic N) is 1. The molecule has 0 spiro atoms. The third-order valence-electron chi connectivity index (χ3n) is 4.63. The van der Waals surface area contributed by atoms with Crippen LogP contribution in [-0.2, 0) is 25.5 Å². The first-order valence-corrected chi connectivity index (χ1v) is 9.16. The Balaban J connectivity index is 1.46. The molecule has 1 aliphatic rings. The van der Waals surface area contributed by atoms with Crippen LogP contribution in [0.4, 0.5) is 14.5 Å². The molecule has 0 saturated carbocycles. The van der Waals surface area contributed by atoms with Gasteiger partial charge in [-0.2, -0.15) is 0 Å². The molecule has 3 rings (SSSR count). The number of ether oxygens (including phenoxy) is 1. The molecule has 1 N–H and O–H groups in total. The van der Waals surface area contributed by atoms with Gasteiger partial charge in [-0.15, -0.1) is 0 Å². The van der Waals surface area contributed by atoms with Crippen LogP contribution < -0.4 is 5.32 Å². The van der Waals surface area contributed by atoms with Crippen molar-refractivity contribution < 1.29 is 27.9 Å². The van der Waals surface area contributed by atoms with Crippen molar-refractivity contribution in [3.63, 3.8) is 0 Å². The minimum atomic E-state index is -0.930. The number of likely N-dealkylation sites (tertiary alicyclic amines) is 1. The monoisotopic (exact) mass is 402 g/mol. The zero-order valence-electron chi connectivity index (χ0n) is 15.6. The van der Waals surface area contributed by atoms with E-state index in [1.54, 1.807) is 4.90 Å². The third-order valence-corrected chi connectivity index (χ3v) is 4.63. The first-order valence-electron chi connectivity index (χ1n) is 9.16. The first-order chi connectivity index (χ1) is 13.9. The van der Waals surface area contributed by atoms with E-state index in [-0.39, 0.29) is 18.9 Å². The molecule has 0 aliphatic carbocycles. The Morgan fingerprint density at radius 2 is 1.76 bits per heavy atom. The summed E-state index contributed by atoms with van der Waals surface area (Å²) in [4.78, 5) is 37.7. The van der Waals surface area contributed by atoms with Gasteiger partial charge in [0.05, 0.1) is 5.92 Å². The summed E-state index contributed by atoms with van der Waals surface area (Å²) in [6, 6.07) is 12.8. The predicted molar refractivity (Wildman–Crippen MR) is 101 cm³/mol. The Morgan fingerprint density at radius 3 is 2.45 bits per heavy atom. The van der Waals surface area contributed by atoms with Crippen LogP contribution in [0.15, 0.2) is 48.5 Å². The molecule has 1 fully saturated rings. The SMILES string of the molecule is O=C(COC(=O)[C@H]1CC(=O)N(CCc2ccccc2)C1)Nc1c(F)cccc1F. The Hall–Kier alpha value is -3.29. The molecular formula is C21H20F2N2O4. The average molecular weight is 402 g/mol. The Morgan fingerprint density at radius 1 is 1.07 bits per heavy atom. The molecule has 1 saturated heterocycles. The second-order valence-electron chi connectivity index (χ2n) is 6.73. The summed E-state index contributed by atoms with van der Waals surface area (Å²) in [5, 5.41) is 2.04. The zero-order chi connectivity index (χ0) is 20.8. The highest BCUT2D eigenvalue weighted by Crippen LogP contribution is 2.20. The van der Waals surface area contributed by atoms with E-state index in [2.05, 4.69) is 0 Å². The quantitative estimate of drug-likeness (QED) is 0.723. The van der Waals surface area contributed by atoms with Crippen molar-refractivity contribution in [2.24, 2.45) is 5.92 Å². The van der Waals surface area contributed by atoms with Crippen molar-refractivity contribution in [3.05, 3.63) is 65.7 Å². The number of anilines is 1. The van der Waals surface area contributed by atoms with E-state index in [0.29, 0.717) is 13.0 Å². The topological polar surface area (TPSA) is 75.7 Å². The maximum Gasteiger partial charge on any atom is 0.311 e. The summed E-state index contributed by atoms with van der Waals surface area (Å²) >= 11 is 0. The van der Waals surface area contributed by atoms with E-state index in [4.69, 9.17) is 4.74 Å². The van der Waals surface area contributed by atoms with Gasteiger partial charge in [-0.3, -0.25) is 14.4 Å². The minimum Gasteiger partial charge on any atom is -0.455 e. The van der Waals surface area contributed by atoms with E-state index in [1.165, 1.54) is 6.07 Å². The van der Waals surface area contributed by atoms with Gasteiger partial charge in [-0.1, -0.05) is 36.4 Å². The van der Waals surface area contributed by atoms with E-state index in [9.17, 15) is 23.2 Å². The maximum atomic E-state index is 13.5. The molecule has 0 unspecified atom stereocenters. The van der Waals surface area contributed by atoms with Gasteiger partial charge in [-0.25, -0.2) is 8.78 Å². The van der Waals surface area contributed by atoms with Crippen molar-refractivity contribution >= 4 is 23.5 Å². The lowest BCUT2D eigenvalue weighted by Gasteiger charge is -2.16. The normalized spacial score (nSPS) is 16.0. The Kier molecular flexibility index (Phi) is 6.54. The summed E-state index contributed by atoms with van der Waals surface area (Å²) in [6.07, 6.45) is 0.683. The second kappa shape index (κ2) is 9.27. The highest BCUT2D eigenvalue weighted by Gasteiger charge is 2.35. The summed E-state index contributed by atoms with van der Waals surface area (Å²) in [5.41, 5.74) is 0.486. The lowest BCUT2D eigenvalue weighted by Crippen LogP contribution is -2.30. The largest absolute Gasteiger partial charge is 0.455 e. The van der Waals surface area contributed by atoms with Crippen molar-refractivity contribution in [2.75, 3.05) is 25.0 Å². The van der Waals surface area contributed by atoms with Crippen molar-refractivity contribution in [1.29, 1.82) is 0 Å². The number of halogens is 2. The van der Waals surface area contributed by atoms with Crippen LogP contribution in [0.1, 0.15) is 12.0 Å². The maximum absolute atomic E-state index is 13.5. The van der Waals surface area contributed by atoms with Crippen LogP contribution in [0, 0.1) is 17.6 Å². The third kappa shape index (κ3) is 5.37. The summed E-state index contributed by atoms with van der Waals surface area (Å²) in [7, 11) is 0. The molecule has 1 heterocycles. The van der Waals surface area contributed by atoms with Gasteiger partial charge in [0.15, 0.2) is 6.61 Å². The van der Waals surface area contributed by atoms with Crippen LogP contribution in [0.3, 0.4) is 0 Å². The molecule has 6 nitrogen and oxygen atoms in total. The molecule has 152 valence electrons. The van der Waals surface area contributed by atoms with Crippen molar-refractivity contribution in [3.8, 4) is 0 Å². The number of amides is 2. The number of esters is 1. The predicted octanol–water partition coefficient (Wildman–Crippen LogP) is 2.54. The molecule has 1 atom stereocenters. The van der Waals surface area contributed by atoms with Gasteiger partial charge in [0.25, 0.3) is 5.91 Å². The lowest BCUT2D eigenvalue weighted by atomic mass is 10.1. The van der Waals surface area contributed by atoms with E-state index >= 15 is 0 Å². The molecular weight excluding hydrogens is 382 g/mol. The summed E-state index contributed by atoms with van der Waals surface area (Å²) in [6.45, 7) is 0.00898. The van der Waals surface area contributed by atoms with Gasteiger partial charge in [0, 0.05) is 19.5 Å². The second-order valence-corrected chi connectivity index (χ2v) is 6.73. The van der Waals surface area contributed by atoms with E-state index in [0.717, 1.165) is 17.7 Å². The fraction of sp³-hybridized carbons (Fsp3) is 0.286. The molecule has 0 aromatic heterocycles. The zero-order valence-corrected chi connectivity index (χ0v) is 15.6. The fourth-order valence-electron chi connectivity index (χ4n) is 3.10. The molecule has 29 heavy (non-hydrogen) atoms. The van der Waals surface area contributed by atoms with Crippen molar-refractivity contribution in [1.82, 2.24) is 4.90 Å². The van der Waals surface area contributed by atoms with Gasteiger partial charge in [0.2, 0.25) is 5.91 Å². The van der Waals surface area contributed by atoms with Gasteiger partial charge in [0.1, 0.15) is 17.3 Å². The van der Waals surface area contributed by atoms with Gasteiger partial charge >= 0.3 is 5.97 Å². The number of benzene rings is 2. The van der Waals surface area contributed by atoms with Gasteiger partial charge in [-0.05, 0) is 24.1 Å². The number of carbonyl (C=O) groups excluding carboxylic acids is 3. The Labute approximate surface area is 166 Å². The molecule has 0 bridgehead atoms. The van der Waals surface area contributed by atoms with E-state index < -0.39 is 41.7 Å². The standard InChI is InChI=1S/C21H20F2N2O4/c22-16-7-4-8-17(23)20(16)24-18(26)13-29-21(28)15-11-19(27)25(12-15)10-9-14-5-2-1-3-6-14/h1-8,15H,9-13H2,(H,24,26)/t15-/m0/s1. The van der Waals surface area contributed by atoms with Crippen LogP contribution in [0.5, 0.6) is 0 Å². The highest BCUT2D eigenvalue weighted by atomic mass is 19.1. The molecule has 1 aliphatic heterocycles. The number of hydrogen-bond donors (Lipinski definition) is 1. The van der Waals surface area contributed by atoms with Crippen LogP contribution in [0.2, 0.25) is 0 Å². The smallest absolute Gasteiger partial charge is 0.311 e. The fourth-order valence-corrected chi connectivity index (χ4v) is 3.10.